The van der Waals surface area contributed by atoms with Crippen LogP contribution in [0.5, 0.6) is 0 Å². The van der Waals surface area contributed by atoms with Crippen LogP contribution < -0.4 is 0 Å². The molecule has 3 nitrogen and oxygen atoms in total. The third-order valence-electron chi connectivity index (χ3n) is 3.78. The van der Waals surface area contributed by atoms with Gasteiger partial charge in [0, 0.05) is 22.4 Å². The Morgan fingerprint density at radius 1 is 1.39 bits per heavy atom. The van der Waals surface area contributed by atoms with Crippen molar-refractivity contribution >= 4 is 28.2 Å². The van der Waals surface area contributed by atoms with E-state index in [1.165, 1.54) is 4.88 Å². The quantitative estimate of drug-likeness (QED) is 0.623. The van der Waals surface area contributed by atoms with Crippen molar-refractivity contribution in [1.82, 2.24) is 4.90 Å². The number of rotatable bonds is 6. The van der Waals surface area contributed by atoms with Crippen molar-refractivity contribution in [1.29, 1.82) is 0 Å². The predicted molar refractivity (Wildman–Crippen MR) is 94.6 cm³/mol. The van der Waals surface area contributed by atoms with Crippen LogP contribution in [-0.4, -0.2) is 17.4 Å². The molecule has 2 aromatic heterocycles. The summed E-state index contributed by atoms with van der Waals surface area (Å²) in [6, 6.07) is 10.1. The average Bonchev–Trinajstić information content (AvgIpc) is 3.17. The zero-order valence-corrected chi connectivity index (χ0v) is 13.9. The molecule has 3 aromatic rings. The molecule has 0 N–H and O–H groups in total. The number of benzene rings is 1. The van der Waals surface area contributed by atoms with Crippen LogP contribution in [0.3, 0.4) is 0 Å². The van der Waals surface area contributed by atoms with E-state index in [-0.39, 0.29) is 5.91 Å². The number of carbonyl (C=O) groups excluding carboxylic acids is 1. The molecule has 1 aromatic carbocycles. The first-order chi connectivity index (χ1) is 11.2. The number of nitrogens with zero attached hydrogens (tertiary/aromatic N) is 1. The highest BCUT2D eigenvalue weighted by atomic mass is 32.1. The van der Waals surface area contributed by atoms with Crippen molar-refractivity contribution in [3.63, 3.8) is 0 Å². The minimum absolute atomic E-state index is 0.0848. The van der Waals surface area contributed by atoms with Crippen molar-refractivity contribution in [2.45, 2.75) is 19.9 Å². The van der Waals surface area contributed by atoms with Crippen LogP contribution in [0.15, 0.2) is 59.0 Å². The Kier molecular flexibility index (Phi) is 4.63. The van der Waals surface area contributed by atoms with Gasteiger partial charge >= 0.3 is 0 Å². The molecule has 0 aliphatic carbocycles. The largest absolute Gasteiger partial charge is 0.464 e. The van der Waals surface area contributed by atoms with E-state index in [1.54, 1.807) is 23.7 Å². The van der Waals surface area contributed by atoms with Gasteiger partial charge in [-0.05, 0) is 30.0 Å². The second kappa shape index (κ2) is 6.84. The standard InChI is InChI=1S/C19H19NO2S/c1-3-8-20(12-16-5-4-9-23-16)19(21)11-15-13-22-18-10-14(2)6-7-17(15)18/h3-7,9-10,13H,1,8,11-12H2,2H3. The first-order valence-electron chi connectivity index (χ1n) is 7.55. The molecule has 23 heavy (non-hydrogen) atoms. The maximum absolute atomic E-state index is 12.7. The van der Waals surface area contributed by atoms with Gasteiger partial charge in [-0.15, -0.1) is 17.9 Å². The summed E-state index contributed by atoms with van der Waals surface area (Å²) in [4.78, 5) is 15.7. The van der Waals surface area contributed by atoms with Gasteiger partial charge in [0.15, 0.2) is 0 Å². The van der Waals surface area contributed by atoms with E-state index in [0.29, 0.717) is 19.5 Å². The molecule has 0 atom stereocenters. The van der Waals surface area contributed by atoms with Gasteiger partial charge in [-0.2, -0.15) is 0 Å². The van der Waals surface area contributed by atoms with Crippen LogP contribution in [0.4, 0.5) is 0 Å². The zero-order chi connectivity index (χ0) is 16.2. The number of amides is 1. The molecule has 4 heteroatoms. The van der Waals surface area contributed by atoms with Gasteiger partial charge < -0.3 is 9.32 Å². The molecule has 0 bridgehead atoms. The molecule has 2 heterocycles. The van der Waals surface area contributed by atoms with E-state index < -0.39 is 0 Å². The lowest BCUT2D eigenvalue weighted by molar-refractivity contribution is -0.130. The number of carbonyl (C=O) groups is 1. The lowest BCUT2D eigenvalue weighted by Gasteiger charge is -2.20. The maximum atomic E-state index is 12.7. The zero-order valence-electron chi connectivity index (χ0n) is 13.1. The monoisotopic (exact) mass is 325 g/mol. The van der Waals surface area contributed by atoms with E-state index >= 15 is 0 Å². The molecule has 0 unspecified atom stereocenters. The molecule has 1 amide bonds. The smallest absolute Gasteiger partial charge is 0.227 e. The fourth-order valence-corrected chi connectivity index (χ4v) is 3.32. The molecule has 0 aliphatic heterocycles. The first kappa shape index (κ1) is 15.6. The van der Waals surface area contributed by atoms with E-state index in [4.69, 9.17) is 4.42 Å². The summed E-state index contributed by atoms with van der Waals surface area (Å²) in [6.45, 7) is 6.96. The number of furan rings is 1. The summed E-state index contributed by atoms with van der Waals surface area (Å²) in [5, 5.41) is 3.04. The van der Waals surface area contributed by atoms with Crippen LogP contribution in [0.1, 0.15) is 16.0 Å². The molecule has 0 saturated heterocycles. The van der Waals surface area contributed by atoms with Gasteiger partial charge in [0.05, 0.1) is 19.2 Å². The van der Waals surface area contributed by atoms with E-state index in [0.717, 1.165) is 22.1 Å². The van der Waals surface area contributed by atoms with Crippen LogP contribution in [0.25, 0.3) is 11.0 Å². The molecule has 3 rings (SSSR count). The molecule has 0 spiro atoms. The Balaban J connectivity index is 1.78. The first-order valence-corrected chi connectivity index (χ1v) is 8.43. The average molecular weight is 325 g/mol. The van der Waals surface area contributed by atoms with Crippen LogP contribution in [0.2, 0.25) is 0 Å². The summed E-state index contributed by atoms with van der Waals surface area (Å²) < 4.78 is 5.59. The summed E-state index contributed by atoms with van der Waals surface area (Å²) in [5.41, 5.74) is 2.92. The molecule has 0 aliphatic rings. The fourth-order valence-electron chi connectivity index (χ4n) is 2.60. The Bertz CT molecular complexity index is 817. The molecule has 0 radical (unpaired) electrons. The highest BCUT2D eigenvalue weighted by Gasteiger charge is 2.16. The molecular formula is C19H19NO2S. The van der Waals surface area contributed by atoms with Crippen molar-refractivity contribution in [3.05, 3.63) is 70.6 Å². The molecule has 118 valence electrons. The lowest BCUT2D eigenvalue weighted by Crippen LogP contribution is -2.31. The third-order valence-corrected chi connectivity index (χ3v) is 4.64. The van der Waals surface area contributed by atoms with Gasteiger partial charge in [0.2, 0.25) is 5.91 Å². The van der Waals surface area contributed by atoms with Gasteiger partial charge in [0.25, 0.3) is 0 Å². The van der Waals surface area contributed by atoms with Gasteiger partial charge in [-0.1, -0.05) is 24.3 Å². The molecule has 0 saturated carbocycles. The van der Waals surface area contributed by atoms with Gasteiger partial charge in [0.1, 0.15) is 5.58 Å². The molecular weight excluding hydrogens is 306 g/mol. The Hall–Kier alpha value is -2.33. The maximum Gasteiger partial charge on any atom is 0.227 e. The van der Waals surface area contributed by atoms with Crippen LogP contribution >= 0.6 is 11.3 Å². The fraction of sp³-hybridized carbons (Fsp3) is 0.211. The minimum Gasteiger partial charge on any atom is -0.464 e. The Labute approximate surface area is 139 Å². The highest BCUT2D eigenvalue weighted by Crippen LogP contribution is 2.23. The van der Waals surface area contributed by atoms with Crippen molar-refractivity contribution < 1.29 is 9.21 Å². The Morgan fingerprint density at radius 2 is 2.26 bits per heavy atom. The summed E-state index contributed by atoms with van der Waals surface area (Å²) in [7, 11) is 0. The summed E-state index contributed by atoms with van der Waals surface area (Å²) in [6.07, 6.45) is 3.80. The topological polar surface area (TPSA) is 33.5 Å². The number of thiophene rings is 1. The van der Waals surface area contributed by atoms with Gasteiger partial charge in [-0.3, -0.25) is 4.79 Å². The number of hydrogen-bond donors (Lipinski definition) is 0. The van der Waals surface area contributed by atoms with Gasteiger partial charge in [-0.25, -0.2) is 0 Å². The number of aryl methyl sites for hydroxylation is 1. The van der Waals surface area contributed by atoms with E-state index in [9.17, 15) is 4.79 Å². The third kappa shape index (κ3) is 3.54. The second-order valence-corrected chi connectivity index (χ2v) is 6.61. The van der Waals surface area contributed by atoms with E-state index in [2.05, 4.69) is 6.58 Å². The van der Waals surface area contributed by atoms with Crippen LogP contribution in [0, 0.1) is 6.92 Å². The van der Waals surface area contributed by atoms with Crippen molar-refractivity contribution in [2.24, 2.45) is 0 Å². The summed E-state index contributed by atoms with van der Waals surface area (Å²) >= 11 is 1.66. The van der Waals surface area contributed by atoms with Crippen molar-refractivity contribution in [3.8, 4) is 0 Å². The summed E-state index contributed by atoms with van der Waals surface area (Å²) in [5.74, 6) is 0.0848. The minimum atomic E-state index is 0.0848. The normalized spacial score (nSPS) is 10.8. The second-order valence-electron chi connectivity index (χ2n) is 5.58. The number of hydrogen-bond acceptors (Lipinski definition) is 3. The van der Waals surface area contributed by atoms with Crippen molar-refractivity contribution in [2.75, 3.05) is 6.54 Å². The SMILES string of the molecule is C=CCN(Cc1cccs1)C(=O)Cc1coc2cc(C)ccc12. The number of fused-ring (bicyclic) bond motifs is 1. The predicted octanol–water partition coefficient (Wildman–Crippen LogP) is 4.56. The lowest BCUT2D eigenvalue weighted by atomic mass is 10.1. The van der Waals surface area contributed by atoms with Crippen LogP contribution in [-0.2, 0) is 17.8 Å². The van der Waals surface area contributed by atoms with E-state index in [1.807, 2.05) is 47.5 Å². The molecule has 0 fully saturated rings. The highest BCUT2D eigenvalue weighted by molar-refractivity contribution is 7.09. The Morgan fingerprint density at radius 3 is 3.00 bits per heavy atom.